The highest BCUT2D eigenvalue weighted by Crippen LogP contribution is 2.32. The highest BCUT2D eigenvalue weighted by atomic mass is 15.3. The standard InChI is InChI=1S/C14H25N5/c1-10(2)12-13(15-3)16-9-17-14(12)19-7-6-11(8-19)18(4)5/h9-11H,6-8H2,1-5H3,(H,15,16,17). The van der Waals surface area contributed by atoms with Gasteiger partial charge in [0.2, 0.25) is 0 Å². The number of rotatable bonds is 4. The summed E-state index contributed by atoms with van der Waals surface area (Å²) in [6.07, 6.45) is 2.86. The maximum Gasteiger partial charge on any atom is 0.137 e. The first-order valence-electron chi connectivity index (χ1n) is 6.98. The third-order valence-corrected chi connectivity index (χ3v) is 3.87. The second-order valence-electron chi connectivity index (χ2n) is 5.72. The van der Waals surface area contributed by atoms with Crippen LogP contribution in [0.4, 0.5) is 11.6 Å². The molecule has 0 bridgehead atoms. The quantitative estimate of drug-likeness (QED) is 0.897. The molecule has 1 N–H and O–H groups in total. The normalized spacial score (nSPS) is 19.5. The molecular formula is C14H25N5. The molecule has 0 spiro atoms. The van der Waals surface area contributed by atoms with Crippen LogP contribution in [0, 0.1) is 0 Å². The summed E-state index contributed by atoms with van der Waals surface area (Å²) in [5.41, 5.74) is 1.23. The number of aromatic nitrogens is 2. The summed E-state index contributed by atoms with van der Waals surface area (Å²) in [4.78, 5) is 13.6. The minimum absolute atomic E-state index is 0.414. The van der Waals surface area contributed by atoms with Gasteiger partial charge in [0.15, 0.2) is 0 Å². The zero-order valence-corrected chi connectivity index (χ0v) is 12.6. The first-order chi connectivity index (χ1) is 9.04. The fourth-order valence-corrected chi connectivity index (χ4v) is 2.72. The van der Waals surface area contributed by atoms with E-state index in [9.17, 15) is 0 Å². The van der Waals surface area contributed by atoms with Crippen LogP contribution in [0.2, 0.25) is 0 Å². The van der Waals surface area contributed by atoms with Gasteiger partial charge in [-0.3, -0.25) is 0 Å². The van der Waals surface area contributed by atoms with E-state index in [4.69, 9.17) is 0 Å². The van der Waals surface area contributed by atoms with E-state index in [0.29, 0.717) is 12.0 Å². The van der Waals surface area contributed by atoms with Crippen LogP contribution in [-0.4, -0.2) is 55.1 Å². The maximum absolute atomic E-state index is 4.54. The first-order valence-corrected chi connectivity index (χ1v) is 6.98. The molecular weight excluding hydrogens is 238 g/mol. The van der Waals surface area contributed by atoms with Crippen molar-refractivity contribution in [3.05, 3.63) is 11.9 Å². The summed E-state index contributed by atoms with van der Waals surface area (Å²) >= 11 is 0. The zero-order valence-electron chi connectivity index (χ0n) is 12.6. The van der Waals surface area contributed by atoms with Crippen LogP contribution in [0.5, 0.6) is 0 Å². The van der Waals surface area contributed by atoms with E-state index in [1.807, 2.05) is 7.05 Å². The van der Waals surface area contributed by atoms with Crippen molar-refractivity contribution in [3.8, 4) is 0 Å². The molecule has 19 heavy (non-hydrogen) atoms. The molecule has 0 aromatic carbocycles. The lowest BCUT2D eigenvalue weighted by Gasteiger charge is -2.25. The number of hydrogen-bond donors (Lipinski definition) is 1. The molecule has 0 radical (unpaired) electrons. The lowest BCUT2D eigenvalue weighted by atomic mass is 10.0. The molecule has 1 aromatic heterocycles. The fourth-order valence-electron chi connectivity index (χ4n) is 2.72. The van der Waals surface area contributed by atoms with Crippen molar-refractivity contribution in [2.24, 2.45) is 0 Å². The topological polar surface area (TPSA) is 44.3 Å². The molecule has 1 unspecified atom stereocenters. The van der Waals surface area contributed by atoms with E-state index in [1.54, 1.807) is 6.33 Å². The van der Waals surface area contributed by atoms with Crippen molar-refractivity contribution in [1.82, 2.24) is 14.9 Å². The van der Waals surface area contributed by atoms with Crippen molar-refractivity contribution in [2.45, 2.75) is 32.2 Å². The molecule has 0 amide bonds. The summed E-state index contributed by atoms with van der Waals surface area (Å²) in [6, 6.07) is 0.619. The molecule has 5 nitrogen and oxygen atoms in total. The van der Waals surface area contributed by atoms with Gasteiger partial charge in [-0.05, 0) is 26.4 Å². The molecule has 1 aromatic rings. The van der Waals surface area contributed by atoms with Crippen molar-refractivity contribution in [2.75, 3.05) is 44.4 Å². The Morgan fingerprint density at radius 1 is 1.37 bits per heavy atom. The molecule has 106 valence electrons. The Bertz CT molecular complexity index is 430. The van der Waals surface area contributed by atoms with Crippen LogP contribution < -0.4 is 10.2 Å². The third-order valence-electron chi connectivity index (χ3n) is 3.87. The number of anilines is 2. The van der Waals surface area contributed by atoms with E-state index in [-0.39, 0.29) is 0 Å². The number of likely N-dealkylation sites (N-methyl/N-ethyl adjacent to an activating group) is 1. The van der Waals surface area contributed by atoms with E-state index < -0.39 is 0 Å². The van der Waals surface area contributed by atoms with Gasteiger partial charge in [-0.15, -0.1) is 0 Å². The van der Waals surface area contributed by atoms with Gasteiger partial charge in [0.25, 0.3) is 0 Å². The smallest absolute Gasteiger partial charge is 0.137 e. The van der Waals surface area contributed by atoms with Gasteiger partial charge in [0.05, 0.1) is 0 Å². The second-order valence-corrected chi connectivity index (χ2v) is 5.72. The number of hydrogen-bond acceptors (Lipinski definition) is 5. The molecule has 1 aliphatic heterocycles. The van der Waals surface area contributed by atoms with Gasteiger partial charge in [0, 0.05) is 31.7 Å². The maximum atomic E-state index is 4.54. The summed E-state index contributed by atoms with van der Waals surface area (Å²) in [7, 11) is 6.22. The van der Waals surface area contributed by atoms with Gasteiger partial charge in [-0.1, -0.05) is 13.8 Å². The average Bonchev–Trinajstić information content (AvgIpc) is 2.87. The first kappa shape index (κ1) is 14.1. The molecule has 0 saturated carbocycles. The predicted molar refractivity (Wildman–Crippen MR) is 80.0 cm³/mol. The zero-order chi connectivity index (χ0) is 14.0. The molecule has 2 rings (SSSR count). The average molecular weight is 263 g/mol. The van der Waals surface area contributed by atoms with Crippen molar-refractivity contribution < 1.29 is 0 Å². The van der Waals surface area contributed by atoms with Gasteiger partial charge in [-0.2, -0.15) is 0 Å². The van der Waals surface area contributed by atoms with Crippen molar-refractivity contribution in [1.29, 1.82) is 0 Å². The molecule has 1 aliphatic rings. The Kier molecular flexibility index (Phi) is 4.24. The van der Waals surface area contributed by atoms with E-state index in [1.165, 1.54) is 12.0 Å². The Hall–Kier alpha value is -1.36. The largest absolute Gasteiger partial charge is 0.373 e. The monoisotopic (exact) mass is 263 g/mol. The second kappa shape index (κ2) is 5.74. The summed E-state index contributed by atoms with van der Waals surface area (Å²) in [5.74, 6) is 2.46. The predicted octanol–water partition coefficient (Wildman–Crippen LogP) is 1.78. The Morgan fingerprint density at radius 3 is 2.63 bits per heavy atom. The molecule has 1 atom stereocenters. The third kappa shape index (κ3) is 2.81. The minimum Gasteiger partial charge on any atom is -0.373 e. The van der Waals surface area contributed by atoms with Crippen LogP contribution in [-0.2, 0) is 0 Å². The molecule has 2 heterocycles. The Labute approximate surface area is 116 Å². The lowest BCUT2D eigenvalue weighted by molar-refractivity contribution is 0.315. The number of nitrogens with one attached hydrogen (secondary N) is 1. The van der Waals surface area contributed by atoms with Gasteiger partial charge in [-0.25, -0.2) is 9.97 Å². The van der Waals surface area contributed by atoms with E-state index >= 15 is 0 Å². The van der Waals surface area contributed by atoms with Crippen LogP contribution in [0.1, 0.15) is 31.7 Å². The van der Waals surface area contributed by atoms with Gasteiger partial charge in [0.1, 0.15) is 18.0 Å². The van der Waals surface area contributed by atoms with Crippen LogP contribution in [0.15, 0.2) is 6.33 Å². The molecule has 1 saturated heterocycles. The fraction of sp³-hybridized carbons (Fsp3) is 0.714. The van der Waals surface area contributed by atoms with Gasteiger partial charge >= 0.3 is 0 Å². The van der Waals surface area contributed by atoms with Crippen molar-refractivity contribution in [3.63, 3.8) is 0 Å². The SMILES string of the molecule is CNc1ncnc(N2CCC(N(C)C)C2)c1C(C)C. The Morgan fingerprint density at radius 2 is 2.11 bits per heavy atom. The number of nitrogens with zero attached hydrogens (tertiary/aromatic N) is 4. The summed E-state index contributed by atoms with van der Waals surface area (Å²) < 4.78 is 0. The van der Waals surface area contributed by atoms with Crippen LogP contribution in [0.25, 0.3) is 0 Å². The highest BCUT2D eigenvalue weighted by Gasteiger charge is 2.28. The molecule has 0 aliphatic carbocycles. The lowest BCUT2D eigenvalue weighted by Crippen LogP contribution is -2.32. The van der Waals surface area contributed by atoms with Crippen LogP contribution >= 0.6 is 0 Å². The van der Waals surface area contributed by atoms with E-state index in [2.05, 4.69) is 53.0 Å². The van der Waals surface area contributed by atoms with Crippen molar-refractivity contribution >= 4 is 11.6 Å². The minimum atomic E-state index is 0.414. The summed E-state index contributed by atoms with van der Waals surface area (Å²) in [6.45, 7) is 6.51. The van der Waals surface area contributed by atoms with E-state index in [0.717, 1.165) is 24.7 Å². The Balaban J connectivity index is 2.30. The molecule has 5 heteroatoms. The summed E-state index contributed by atoms with van der Waals surface area (Å²) in [5, 5.41) is 3.19. The highest BCUT2D eigenvalue weighted by molar-refractivity contribution is 5.60. The van der Waals surface area contributed by atoms with Gasteiger partial charge < -0.3 is 15.1 Å². The van der Waals surface area contributed by atoms with Crippen LogP contribution in [0.3, 0.4) is 0 Å². The molecule has 1 fully saturated rings.